The van der Waals surface area contributed by atoms with Gasteiger partial charge in [-0.1, -0.05) is 18.2 Å². The van der Waals surface area contributed by atoms with Gasteiger partial charge in [-0.2, -0.15) is 15.2 Å². The van der Waals surface area contributed by atoms with Crippen LogP contribution in [-0.2, 0) is 0 Å². The van der Waals surface area contributed by atoms with Crippen molar-refractivity contribution in [2.75, 3.05) is 12.5 Å². The molecule has 0 aliphatic rings. The molecule has 0 aliphatic carbocycles. The number of nitrogens with zero attached hydrogens (tertiary/aromatic N) is 3. The first-order valence-electron chi connectivity index (χ1n) is 7.82. The first-order chi connectivity index (χ1) is 13.2. The number of methoxy groups -OCH3 is 1. The number of aromatic amines is 1. The molecule has 0 atom stereocenters. The van der Waals surface area contributed by atoms with Crippen LogP contribution in [0.4, 0.5) is 5.82 Å². The lowest BCUT2D eigenvalue weighted by atomic mass is 10.2. The van der Waals surface area contributed by atoms with Crippen LogP contribution in [0.25, 0.3) is 0 Å². The van der Waals surface area contributed by atoms with Crippen LogP contribution in [0.3, 0.4) is 0 Å². The topological polar surface area (TPSA) is 119 Å². The van der Waals surface area contributed by atoms with E-state index >= 15 is 0 Å². The van der Waals surface area contributed by atoms with Crippen LogP contribution in [0.1, 0.15) is 15.9 Å². The van der Waals surface area contributed by atoms with Gasteiger partial charge >= 0.3 is 11.7 Å². The molecule has 9 heteroatoms. The van der Waals surface area contributed by atoms with Gasteiger partial charge in [-0.25, -0.2) is 14.7 Å². The molecule has 136 valence electrons. The Balaban J connectivity index is 1.71. The molecule has 0 saturated carbocycles. The Labute approximate surface area is 153 Å². The maximum atomic E-state index is 12.2. The second kappa shape index (κ2) is 8.39. The van der Waals surface area contributed by atoms with E-state index in [4.69, 9.17) is 9.47 Å². The maximum Gasteiger partial charge on any atom is 0.363 e. The van der Waals surface area contributed by atoms with Crippen LogP contribution in [0.5, 0.6) is 11.5 Å². The highest BCUT2D eigenvalue weighted by Crippen LogP contribution is 2.28. The monoisotopic (exact) mass is 365 g/mol. The summed E-state index contributed by atoms with van der Waals surface area (Å²) < 4.78 is 10.7. The minimum atomic E-state index is -0.582. The van der Waals surface area contributed by atoms with Crippen molar-refractivity contribution in [3.05, 3.63) is 76.3 Å². The number of aromatic nitrogens is 3. The Morgan fingerprint density at radius 3 is 2.74 bits per heavy atom. The molecule has 0 aliphatic heterocycles. The number of hydrogen-bond donors (Lipinski definition) is 2. The highest BCUT2D eigenvalue weighted by molar-refractivity contribution is 5.91. The number of hydrogen-bond acceptors (Lipinski definition) is 8. The molecule has 2 aromatic carbocycles. The predicted octanol–water partition coefficient (Wildman–Crippen LogP) is 1.84. The average molecular weight is 365 g/mol. The fourth-order valence-electron chi connectivity index (χ4n) is 2.12. The summed E-state index contributed by atoms with van der Waals surface area (Å²) in [5.41, 5.74) is 3.12. The Hall–Kier alpha value is -4.01. The second-order valence-electron chi connectivity index (χ2n) is 5.21. The van der Waals surface area contributed by atoms with Gasteiger partial charge in [-0.15, -0.1) is 0 Å². The van der Waals surface area contributed by atoms with E-state index in [2.05, 4.69) is 25.7 Å². The summed E-state index contributed by atoms with van der Waals surface area (Å²) in [5, 5.41) is 9.73. The molecule has 3 aromatic rings. The van der Waals surface area contributed by atoms with Crippen molar-refractivity contribution in [1.82, 2.24) is 15.2 Å². The summed E-state index contributed by atoms with van der Waals surface area (Å²) in [6.07, 6.45) is 2.82. The first kappa shape index (κ1) is 17.8. The first-order valence-corrected chi connectivity index (χ1v) is 7.82. The van der Waals surface area contributed by atoms with Gasteiger partial charge < -0.3 is 9.47 Å². The van der Waals surface area contributed by atoms with Crippen molar-refractivity contribution in [3.63, 3.8) is 0 Å². The number of esters is 1. The summed E-state index contributed by atoms with van der Waals surface area (Å²) in [6, 6.07) is 13.6. The SMILES string of the molecule is COc1cc(/C=N/Nc2cn[nH]c(=O)n2)ccc1OC(=O)c1ccccc1. The van der Waals surface area contributed by atoms with Crippen molar-refractivity contribution in [2.45, 2.75) is 0 Å². The average Bonchev–Trinajstić information content (AvgIpc) is 2.69. The number of ether oxygens (including phenoxy) is 2. The number of hydrazone groups is 1. The Kier molecular flexibility index (Phi) is 5.53. The second-order valence-corrected chi connectivity index (χ2v) is 5.21. The smallest absolute Gasteiger partial charge is 0.363 e. The van der Waals surface area contributed by atoms with Crippen molar-refractivity contribution >= 4 is 18.0 Å². The Bertz CT molecular complexity index is 1020. The normalized spacial score (nSPS) is 10.6. The van der Waals surface area contributed by atoms with E-state index in [-0.39, 0.29) is 11.6 Å². The minimum absolute atomic E-state index is 0.204. The zero-order chi connectivity index (χ0) is 19.1. The largest absolute Gasteiger partial charge is 0.493 e. The van der Waals surface area contributed by atoms with E-state index in [1.165, 1.54) is 19.5 Å². The summed E-state index contributed by atoms with van der Waals surface area (Å²) in [4.78, 5) is 26.9. The van der Waals surface area contributed by atoms with Crippen molar-refractivity contribution in [1.29, 1.82) is 0 Å². The summed E-state index contributed by atoms with van der Waals surface area (Å²) in [6.45, 7) is 0. The van der Waals surface area contributed by atoms with Gasteiger partial charge in [0.1, 0.15) is 0 Å². The number of carbonyl (C=O) groups is 1. The molecule has 3 rings (SSSR count). The molecule has 1 aromatic heterocycles. The van der Waals surface area contributed by atoms with Gasteiger partial charge in [-0.3, -0.25) is 5.43 Å². The summed E-state index contributed by atoms with van der Waals surface area (Å²) in [5.74, 6) is 0.385. The van der Waals surface area contributed by atoms with Gasteiger partial charge in [0.05, 0.1) is 25.1 Å². The minimum Gasteiger partial charge on any atom is -0.493 e. The third-order valence-electron chi connectivity index (χ3n) is 3.36. The highest BCUT2D eigenvalue weighted by atomic mass is 16.6. The number of H-pyrrole nitrogens is 1. The maximum absolute atomic E-state index is 12.2. The van der Waals surface area contributed by atoms with Crippen LogP contribution in [-0.4, -0.2) is 34.5 Å². The zero-order valence-corrected chi connectivity index (χ0v) is 14.2. The molecular formula is C18H15N5O4. The van der Waals surface area contributed by atoms with E-state index in [1.807, 2.05) is 6.07 Å². The van der Waals surface area contributed by atoms with Gasteiger partial charge in [0.25, 0.3) is 0 Å². The molecule has 0 unspecified atom stereocenters. The number of benzene rings is 2. The number of anilines is 1. The van der Waals surface area contributed by atoms with Crippen molar-refractivity contribution < 1.29 is 14.3 Å². The molecule has 9 nitrogen and oxygen atoms in total. The van der Waals surface area contributed by atoms with Gasteiger partial charge in [0, 0.05) is 0 Å². The van der Waals surface area contributed by atoms with Gasteiger partial charge in [-0.05, 0) is 35.9 Å². The quantitative estimate of drug-likeness (QED) is 0.296. The number of nitrogens with one attached hydrogen (secondary N) is 2. The molecule has 0 radical (unpaired) electrons. The standard InChI is InChI=1S/C18H15N5O4/c1-26-15-9-12(10-19-22-16-11-20-23-18(25)21-16)7-8-14(15)27-17(24)13-5-3-2-4-6-13/h2-11H,1H3,(H2,21,22,23,25)/b19-10+. The summed E-state index contributed by atoms with van der Waals surface area (Å²) >= 11 is 0. The van der Waals surface area contributed by atoms with E-state index in [1.54, 1.807) is 42.5 Å². The lowest BCUT2D eigenvalue weighted by molar-refractivity contribution is 0.0729. The lowest BCUT2D eigenvalue weighted by Gasteiger charge is -2.10. The lowest BCUT2D eigenvalue weighted by Crippen LogP contribution is -2.13. The predicted molar refractivity (Wildman–Crippen MR) is 98.3 cm³/mol. The Morgan fingerprint density at radius 2 is 2.00 bits per heavy atom. The number of carbonyl (C=O) groups excluding carboxylic acids is 1. The fraction of sp³-hybridized carbons (Fsp3) is 0.0556. The van der Waals surface area contributed by atoms with Crippen LogP contribution in [0.15, 0.2) is 64.6 Å². The van der Waals surface area contributed by atoms with Crippen LogP contribution >= 0.6 is 0 Å². The van der Waals surface area contributed by atoms with Crippen molar-refractivity contribution in [3.8, 4) is 11.5 Å². The molecule has 0 amide bonds. The molecule has 27 heavy (non-hydrogen) atoms. The number of rotatable bonds is 6. The van der Waals surface area contributed by atoms with Crippen molar-refractivity contribution in [2.24, 2.45) is 5.10 Å². The molecule has 2 N–H and O–H groups in total. The highest BCUT2D eigenvalue weighted by Gasteiger charge is 2.12. The van der Waals surface area contributed by atoms with Crippen LogP contribution in [0, 0.1) is 0 Å². The van der Waals surface area contributed by atoms with E-state index in [9.17, 15) is 9.59 Å². The molecule has 0 fully saturated rings. The van der Waals surface area contributed by atoms with Crippen LogP contribution in [0.2, 0.25) is 0 Å². The van der Waals surface area contributed by atoms with E-state index in [0.717, 1.165) is 0 Å². The van der Waals surface area contributed by atoms with E-state index < -0.39 is 11.7 Å². The third-order valence-corrected chi connectivity index (χ3v) is 3.36. The zero-order valence-electron chi connectivity index (χ0n) is 14.2. The van der Waals surface area contributed by atoms with Gasteiger partial charge in [0.2, 0.25) is 0 Å². The van der Waals surface area contributed by atoms with Gasteiger partial charge in [0.15, 0.2) is 17.3 Å². The third kappa shape index (κ3) is 4.75. The van der Waals surface area contributed by atoms with E-state index in [0.29, 0.717) is 16.9 Å². The molecule has 0 saturated heterocycles. The molecule has 0 bridgehead atoms. The van der Waals surface area contributed by atoms with Crippen LogP contribution < -0.4 is 20.6 Å². The summed E-state index contributed by atoms with van der Waals surface area (Å²) in [7, 11) is 1.47. The molecule has 1 heterocycles. The fourth-order valence-corrected chi connectivity index (χ4v) is 2.12. The Morgan fingerprint density at radius 1 is 1.19 bits per heavy atom. The molecule has 0 spiro atoms. The molecular weight excluding hydrogens is 350 g/mol.